The van der Waals surface area contributed by atoms with Crippen LogP contribution in [0.4, 0.5) is 4.39 Å². The van der Waals surface area contributed by atoms with Crippen LogP contribution in [0.1, 0.15) is 24.2 Å². The van der Waals surface area contributed by atoms with Gasteiger partial charge in [0.1, 0.15) is 5.82 Å². The second-order valence-corrected chi connectivity index (χ2v) is 6.34. The number of halogens is 1. The molecule has 0 spiro atoms. The van der Waals surface area contributed by atoms with Crippen LogP contribution in [-0.4, -0.2) is 37.1 Å². The molecule has 2 N–H and O–H groups in total. The summed E-state index contributed by atoms with van der Waals surface area (Å²) in [5, 5.41) is 17.1. The van der Waals surface area contributed by atoms with Crippen molar-refractivity contribution < 1.29 is 23.0 Å². The smallest absolute Gasteiger partial charge is 0.159 e. The number of hydrogen-bond donors (Lipinski definition) is 2. The Morgan fingerprint density at radius 3 is 2.28 bits per heavy atom. The van der Waals surface area contributed by atoms with Gasteiger partial charge in [0, 0.05) is 0 Å². The Kier molecular flexibility index (Phi) is 5.25. The van der Waals surface area contributed by atoms with Crippen molar-refractivity contribution >= 4 is 9.84 Å². The first kappa shape index (κ1) is 15.1. The monoisotopic (exact) mass is 276 g/mol. The van der Waals surface area contributed by atoms with Crippen molar-refractivity contribution in [3.63, 3.8) is 0 Å². The highest BCUT2D eigenvalue weighted by Crippen LogP contribution is 2.27. The lowest BCUT2D eigenvalue weighted by Crippen LogP contribution is -2.27. The Morgan fingerprint density at radius 2 is 1.83 bits per heavy atom. The fraction of sp³-hybridized carbons (Fsp3) is 0.500. The van der Waals surface area contributed by atoms with Crippen molar-refractivity contribution in [2.75, 3.05) is 12.4 Å². The van der Waals surface area contributed by atoms with E-state index in [0.29, 0.717) is 12.0 Å². The molecule has 102 valence electrons. The zero-order chi connectivity index (χ0) is 13.8. The van der Waals surface area contributed by atoms with Crippen LogP contribution in [0.3, 0.4) is 0 Å². The first-order chi connectivity index (χ1) is 8.40. The van der Waals surface area contributed by atoms with E-state index >= 15 is 0 Å². The molecule has 6 heteroatoms. The first-order valence-electron chi connectivity index (χ1n) is 5.66. The maximum atomic E-state index is 12.8. The number of sulfone groups is 1. The van der Waals surface area contributed by atoms with Crippen LogP contribution >= 0.6 is 0 Å². The summed E-state index contributed by atoms with van der Waals surface area (Å²) in [4.78, 5) is 0. The third-order valence-corrected chi connectivity index (χ3v) is 5.00. The lowest BCUT2D eigenvalue weighted by molar-refractivity contribution is 0.112. The largest absolute Gasteiger partial charge is 0.394 e. The Bertz CT molecular complexity index is 469. The number of aliphatic hydroxyl groups excluding tert-OH is 2. The number of rotatable bonds is 6. The van der Waals surface area contributed by atoms with E-state index in [2.05, 4.69) is 0 Å². The third kappa shape index (κ3) is 3.76. The quantitative estimate of drug-likeness (QED) is 0.814. The predicted molar refractivity (Wildman–Crippen MR) is 66.3 cm³/mol. The van der Waals surface area contributed by atoms with Gasteiger partial charge in [-0.1, -0.05) is 19.1 Å². The van der Waals surface area contributed by atoms with E-state index in [9.17, 15) is 17.9 Å². The number of benzene rings is 1. The Balaban J connectivity index is 2.99. The molecule has 0 aliphatic carbocycles. The van der Waals surface area contributed by atoms with Gasteiger partial charge in [0.15, 0.2) is 9.84 Å². The Labute approximate surface area is 106 Å². The maximum absolute atomic E-state index is 12.8. The van der Waals surface area contributed by atoms with Crippen molar-refractivity contribution in [2.45, 2.75) is 24.7 Å². The molecule has 0 aliphatic heterocycles. The van der Waals surface area contributed by atoms with Gasteiger partial charge >= 0.3 is 0 Å². The van der Waals surface area contributed by atoms with Crippen molar-refractivity contribution in [3.8, 4) is 0 Å². The van der Waals surface area contributed by atoms with Gasteiger partial charge in [0.25, 0.3) is 0 Å². The molecule has 2 unspecified atom stereocenters. The molecule has 0 aromatic heterocycles. The summed E-state index contributed by atoms with van der Waals surface area (Å²) in [6.45, 7) is 1.11. The fourth-order valence-corrected chi connectivity index (χ4v) is 3.77. The molecule has 0 bridgehead atoms. The van der Waals surface area contributed by atoms with Gasteiger partial charge in [0.05, 0.1) is 23.7 Å². The lowest BCUT2D eigenvalue weighted by Gasteiger charge is -2.18. The van der Waals surface area contributed by atoms with Crippen LogP contribution in [0.25, 0.3) is 0 Å². The maximum Gasteiger partial charge on any atom is 0.159 e. The van der Waals surface area contributed by atoms with Crippen molar-refractivity contribution in [1.29, 1.82) is 0 Å². The Hall–Kier alpha value is -0.980. The van der Waals surface area contributed by atoms with E-state index < -0.39 is 39.4 Å². The molecule has 0 aliphatic rings. The fourth-order valence-electron chi connectivity index (χ4n) is 1.81. The van der Waals surface area contributed by atoms with E-state index in [1.807, 2.05) is 0 Å². The molecule has 1 aromatic rings. The molecule has 1 rings (SSSR count). The minimum Gasteiger partial charge on any atom is -0.394 e. The zero-order valence-electron chi connectivity index (χ0n) is 10.1. The van der Waals surface area contributed by atoms with Gasteiger partial charge in [-0.25, -0.2) is 12.8 Å². The summed E-state index contributed by atoms with van der Waals surface area (Å²) in [5.74, 6) is -0.930. The molecule has 0 heterocycles. The molecule has 0 radical (unpaired) electrons. The molecule has 18 heavy (non-hydrogen) atoms. The first-order valence-corrected chi connectivity index (χ1v) is 7.38. The number of hydrogen-bond acceptors (Lipinski definition) is 4. The van der Waals surface area contributed by atoms with E-state index in [1.165, 1.54) is 24.3 Å². The van der Waals surface area contributed by atoms with Crippen molar-refractivity contribution in [2.24, 2.45) is 0 Å². The minimum atomic E-state index is -3.58. The summed E-state index contributed by atoms with van der Waals surface area (Å²) in [6.07, 6.45) is -0.962. The second kappa shape index (κ2) is 6.26. The third-order valence-electron chi connectivity index (χ3n) is 2.68. The molecule has 0 saturated heterocycles. The summed E-state index contributed by atoms with van der Waals surface area (Å²) in [7, 11) is -3.58. The normalized spacial score (nSPS) is 15.3. The molecule has 4 nitrogen and oxygen atoms in total. The van der Waals surface area contributed by atoms with Gasteiger partial charge in [-0.15, -0.1) is 0 Å². The van der Waals surface area contributed by atoms with Crippen LogP contribution in [0.15, 0.2) is 24.3 Å². The van der Waals surface area contributed by atoms with Crippen molar-refractivity contribution in [3.05, 3.63) is 35.6 Å². The predicted octanol–water partition coefficient (Wildman–Crippen LogP) is 1.04. The molecule has 0 amide bonds. The highest BCUT2D eigenvalue weighted by Gasteiger charge is 2.27. The summed E-state index contributed by atoms with van der Waals surface area (Å²) in [6, 6.07) is 5.25. The van der Waals surface area contributed by atoms with Crippen LogP contribution in [0.5, 0.6) is 0 Å². The molecule has 0 fully saturated rings. The SMILES string of the molecule is CCC(c1ccc(F)cc1)S(=O)(=O)CC(O)CO. The molecule has 2 atom stereocenters. The molecule has 1 aromatic carbocycles. The Morgan fingerprint density at radius 1 is 1.28 bits per heavy atom. The molecule has 0 saturated carbocycles. The standard InChI is InChI=1S/C12H17FO4S/c1-2-12(9-3-5-10(13)6-4-9)18(16,17)8-11(15)7-14/h3-6,11-12,14-15H,2,7-8H2,1H3. The summed E-state index contributed by atoms with van der Waals surface area (Å²) in [5.41, 5.74) is 0.490. The summed E-state index contributed by atoms with van der Waals surface area (Å²) < 4.78 is 36.9. The lowest BCUT2D eigenvalue weighted by atomic mass is 10.1. The molecular formula is C12H17FO4S. The average Bonchev–Trinajstić information content (AvgIpc) is 2.31. The van der Waals surface area contributed by atoms with E-state index in [1.54, 1.807) is 6.92 Å². The van der Waals surface area contributed by atoms with Gasteiger partial charge < -0.3 is 10.2 Å². The highest BCUT2D eigenvalue weighted by atomic mass is 32.2. The zero-order valence-corrected chi connectivity index (χ0v) is 10.9. The van der Waals surface area contributed by atoms with Crippen LogP contribution in [0.2, 0.25) is 0 Å². The van der Waals surface area contributed by atoms with Crippen molar-refractivity contribution in [1.82, 2.24) is 0 Å². The minimum absolute atomic E-state index is 0.326. The molecular weight excluding hydrogens is 259 g/mol. The van der Waals surface area contributed by atoms with Crippen LogP contribution < -0.4 is 0 Å². The summed E-state index contributed by atoms with van der Waals surface area (Å²) >= 11 is 0. The second-order valence-electron chi connectivity index (χ2n) is 4.11. The van der Waals surface area contributed by atoms with Gasteiger partial charge in [-0.3, -0.25) is 0 Å². The van der Waals surface area contributed by atoms with Crippen LogP contribution in [0, 0.1) is 5.82 Å². The topological polar surface area (TPSA) is 74.6 Å². The number of aliphatic hydroxyl groups is 2. The van der Waals surface area contributed by atoms with E-state index in [0.717, 1.165) is 0 Å². The van der Waals surface area contributed by atoms with Gasteiger partial charge in [0.2, 0.25) is 0 Å². The van der Waals surface area contributed by atoms with E-state index in [4.69, 9.17) is 5.11 Å². The van der Waals surface area contributed by atoms with Gasteiger partial charge in [-0.2, -0.15) is 0 Å². The average molecular weight is 276 g/mol. The highest BCUT2D eigenvalue weighted by molar-refractivity contribution is 7.91. The van der Waals surface area contributed by atoms with Gasteiger partial charge in [-0.05, 0) is 24.1 Å². The van der Waals surface area contributed by atoms with E-state index in [-0.39, 0.29) is 0 Å². The van der Waals surface area contributed by atoms with Crippen LogP contribution in [-0.2, 0) is 9.84 Å².